The van der Waals surface area contributed by atoms with E-state index in [4.69, 9.17) is 4.42 Å². The number of hydrogen-bond acceptors (Lipinski definition) is 7. The summed E-state index contributed by atoms with van der Waals surface area (Å²) >= 11 is 5.16. The van der Waals surface area contributed by atoms with Crippen molar-refractivity contribution in [3.05, 3.63) is 24.3 Å². The van der Waals surface area contributed by atoms with Crippen LogP contribution in [0.25, 0.3) is 11.1 Å². The van der Waals surface area contributed by atoms with Gasteiger partial charge in [-0.15, -0.1) is 0 Å². The summed E-state index contributed by atoms with van der Waals surface area (Å²) in [6.07, 6.45) is 0. The third kappa shape index (κ3) is 4.15. The van der Waals surface area contributed by atoms with Crippen molar-refractivity contribution in [3.63, 3.8) is 0 Å². The number of esters is 1. The SMILES string of the molecule is COC(=O)[C@H](CS)NC(=O)CSc1nc2ccccc2o1. The van der Waals surface area contributed by atoms with Crippen molar-refractivity contribution < 1.29 is 18.7 Å². The molecule has 1 amide bonds. The van der Waals surface area contributed by atoms with Crippen molar-refractivity contribution in [2.24, 2.45) is 0 Å². The van der Waals surface area contributed by atoms with Gasteiger partial charge >= 0.3 is 5.97 Å². The Bertz CT molecular complexity index is 611. The molecule has 1 aromatic carbocycles. The first-order valence-electron chi connectivity index (χ1n) is 6.10. The Morgan fingerprint density at radius 1 is 1.48 bits per heavy atom. The Kier molecular flexibility index (Phi) is 5.51. The zero-order valence-corrected chi connectivity index (χ0v) is 12.9. The van der Waals surface area contributed by atoms with E-state index in [0.29, 0.717) is 10.8 Å². The molecule has 0 aliphatic heterocycles. The molecule has 0 saturated heterocycles. The number of thioether (sulfide) groups is 1. The van der Waals surface area contributed by atoms with Gasteiger partial charge in [-0.25, -0.2) is 9.78 Å². The molecular formula is C13H14N2O4S2. The van der Waals surface area contributed by atoms with Crippen LogP contribution in [0.3, 0.4) is 0 Å². The Hall–Kier alpha value is -1.67. The molecule has 6 nitrogen and oxygen atoms in total. The lowest BCUT2D eigenvalue weighted by atomic mass is 10.3. The van der Waals surface area contributed by atoms with E-state index >= 15 is 0 Å². The third-order valence-corrected chi connectivity index (χ3v) is 3.80. The van der Waals surface area contributed by atoms with Crippen LogP contribution in [0.1, 0.15) is 0 Å². The molecule has 2 rings (SSSR count). The predicted molar refractivity (Wildman–Crippen MR) is 82.5 cm³/mol. The van der Waals surface area contributed by atoms with Gasteiger partial charge in [-0.2, -0.15) is 12.6 Å². The van der Waals surface area contributed by atoms with Crippen molar-refractivity contribution in [2.45, 2.75) is 11.3 Å². The summed E-state index contributed by atoms with van der Waals surface area (Å²) in [4.78, 5) is 27.4. The predicted octanol–water partition coefficient (Wildman–Crippen LogP) is 1.51. The molecule has 2 aromatic rings. The topological polar surface area (TPSA) is 81.4 Å². The number of oxazole rings is 1. The van der Waals surface area contributed by atoms with E-state index in [-0.39, 0.29) is 17.4 Å². The number of methoxy groups -OCH3 is 1. The van der Waals surface area contributed by atoms with Gasteiger partial charge < -0.3 is 14.5 Å². The molecule has 8 heteroatoms. The van der Waals surface area contributed by atoms with Crippen LogP contribution >= 0.6 is 24.4 Å². The fourth-order valence-electron chi connectivity index (χ4n) is 1.60. The van der Waals surface area contributed by atoms with Gasteiger partial charge in [0.2, 0.25) is 5.91 Å². The molecule has 1 N–H and O–H groups in total. The van der Waals surface area contributed by atoms with E-state index in [1.807, 2.05) is 18.2 Å². The number of thiol groups is 1. The number of carbonyl (C=O) groups excluding carboxylic acids is 2. The van der Waals surface area contributed by atoms with E-state index < -0.39 is 12.0 Å². The zero-order chi connectivity index (χ0) is 15.2. The second-order valence-corrected chi connectivity index (χ2v) is 5.35. The van der Waals surface area contributed by atoms with Gasteiger partial charge in [-0.1, -0.05) is 23.9 Å². The maximum Gasteiger partial charge on any atom is 0.329 e. The van der Waals surface area contributed by atoms with E-state index in [9.17, 15) is 9.59 Å². The monoisotopic (exact) mass is 326 g/mol. The van der Waals surface area contributed by atoms with Gasteiger partial charge in [-0.3, -0.25) is 4.79 Å². The number of fused-ring (bicyclic) bond motifs is 1. The normalized spacial score (nSPS) is 12.1. The van der Waals surface area contributed by atoms with Crippen LogP contribution in [-0.4, -0.2) is 41.5 Å². The van der Waals surface area contributed by atoms with Crippen molar-refractivity contribution in [2.75, 3.05) is 18.6 Å². The first-order valence-corrected chi connectivity index (χ1v) is 7.72. The molecule has 0 saturated carbocycles. The molecule has 21 heavy (non-hydrogen) atoms. The first kappa shape index (κ1) is 15.7. The lowest BCUT2D eigenvalue weighted by Crippen LogP contribution is -2.43. The van der Waals surface area contributed by atoms with Gasteiger partial charge in [0.05, 0.1) is 12.9 Å². The van der Waals surface area contributed by atoms with Crippen LogP contribution in [0.4, 0.5) is 0 Å². The van der Waals surface area contributed by atoms with Crippen LogP contribution in [0.5, 0.6) is 0 Å². The quantitative estimate of drug-likeness (QED) is 0.476. The number of amides is 1. The highest BCUT2D eigenvalue weighted by molar-refractivity contribution is 7.99. The highest BCUT2D eigenvalue weighted by Gasteiger charge is 2.20. The average molecular weight is 326 g/mol. The summed E-state index contributed by atoms with van der Waals surface area (Å²) < 4.78 is 10.1. The fourth-order valence-corrected chi connectivity index (χ4v) is 2.49. The molecule has 112 valence electrons. The number of aromatic nitrogens is 1. The largest absolute Gasteiger partial charge is 0.467 e. The zero-order valence-electron chi connectivity index (χ0n) is 11.2. The van der Waals surface area contributed by atoms with E-state index in [1.165, 1.54) is 7.11 Å². The highest BCUT2D eigenvalue weighted by atomic mass is 32.2. The van der Waals surface area contributed by atoms with Crippen molar-refractivity contribution in [1.29, 1.82) is 0 Å². The molecule has 1 aromatic heterocycles. The first-order chi connectivity index (χ1) is 10.1. The van der Waals surface area contributed by atoms with Crippen LogP contribution in [-0.2, 0) is 14.3 Å². The summed E-state index contributed by atoms with van der Waals surface area (Å²) in [6.45, 7) is 0. The number of para-hydroxylation sites is 2. The second kappa shape index (κ2) is 7.37. The minimum Gasteiger partial charge on any atom is -0.467 e. The Morgan fingerprint density at radius 3 is 2.90 bits per heavy atom. The number of hydrogen-bond donors (Lipinski definition) is 2. The molecule has 0 aliphatic rings. The number of carbonyl (C=O) groups is 2. The Morgan fingerprint density at radius 2 is 2.24 bits per heavy atom. The van der Waals surface area contributed by atoms with Crippen LogP contribution in [0.2, 0.25) is 0 Å². The molecule has 0 aliphatic carbocycles. The molecule has 1 atom stereocenters. The Labute approximate surface area is 131 Å². The molecule has 0 bridgehead atoms. The maximum absolute atomic E-state index is 11.8. The number of benzene rings is 1. The van der Waals surface area contributed by atoms with Gasteiger partial charge in [-0.05, 0) is 12.1 Å². The molecule has 0 fully saturated rings. The molecule has 0 spiro atoms. The lowest BCUT2D eigenvalue weighted by Gasteiger charge is -2.13. The smallest absolute Gasteiger partial charge is 0.329 e. The van der Waals surface area contributed by atoms with E-state index in [0.717, 1.165) is 17.3 Å². The van der Waals surface area contributed by atoms with Gasteiger partial charge in [0.25, 0.3) is 5.22 Å². The van der Waals surface area contributed by atoms with Crippen LogP contribution in [0, 0.1) is 0 Å². The van der Waals surface area contributed by atoms with Crippen LogP contribution < -0.4 is 5.32 Å². The lowest BCUT2D eigenvalue weighted by molar-refractivity contribution is -0.144. The number of ether oxygens (including phenoxy) is 1. The van der Waals surface area contributed by atoms with E-state index in [2.05, 4.69) is 27.7 Å². The summed E-state index contributed by atoms with van der Waals surface area (Å²) in [7, 11) is 1.26. The summed E-state index contributed by atoms with van der Waals surface area (Å²) in [5, 5.41) is 2.95. The fraction of sp³-hybridized carbons (Fsp3) is 0.308. The number of nitrogens with one attached hydrogen (secondary N) is 1. The van der Waals surface area contributed by atoms with Gasteiger partial charge in [0, 0.05) is 5.75 Å². The molecule has 0 unspecified atom stereocenters. The summed E-state index contributed by atoms with van der Waals surface area (Å²) in [6, 6.07) is 6.59. The Balaban J connectivity index is 1.90. The summed E-state index contributed by atoms with van der Waals surface area (Å²) in [5.74, 6) is -0.572. The van der Waals surface area contributed by atoms with E-state index in [1.54, 1.807) is 6.07 Å². The van der Waals surface area contributed by atoms with Crippen LogP contribution in [0.15, 0.2) is 33.9 Å². The van der Waals surface area contributed by atoms with Crippen molar-refractivity contribution in [3.8, 4) is 0 Å². The minimum atomic E-state index is -0.755. The summed E-state index contributed by atoms with van der Waals surface area (Å²) in [5.41, 5.74) is 1.41. The van der Waals surface area contributed by atoms with Gasteiger partial charge in [0.1, 0.15) is 11.6 Å². The van der Waals surface area contributed by atoms with Crippen molar-refractivity contribution in [1.82, 2.24) is 10.3 Å². The molecule has 1 heterocycles. The average Bonchev–Trinajstić information content (AvgIpc) is 2.92. The highest BCUT2D eigenvalue weighted by Crippen LogP contribution is 2.22. The molecular weight excluding hydrogens is 312 g/mol. The number of rotatable bonds is 6. The third-order valence-electron chi connectivity index (χ3n) is 2.60. The van der Waals surface area contributed by atoms with Crippen molar-refractivity contribution >= 4 is 47.4 Å². The number of nitrogens with zero attached hydrogens (tertiary/aromatic N) is 1. The second-order valence-electron chi connectivity index (χ2n) is 4.06. The standard InChI is InChI=1S/C13H14N2O4S2/c1-18-12(17)9(6-20)14-11(16)7-21-13-15-8-4-2-3-5-10(8)19-13/h2-5,9,20H,6-7H2,1H3,(H,14,16)/t9-/m0/s1. The minimum absolute atomic E-state index is 0.0914. The maximum atomic E-state index is 11.8. The van der Waals surface area contributed by atoms with Gasteiger partial charge in [0.15, 0.2) is 5.58 Å². The molecule has 0 radical (unpaired) electrons.